The Morgan fingerprint density at radius 1 is 1.28 bits per heavy atom. The molecule has 0 spiro atoms. The van der Waals surface area contributed by atoms with E-state index >= 15 is 0 Å². The van der Waals surface area contributed by atoms with Gasteiger partial charge in [-0.15, -0.1) is 0 Å². The van der Waals surface area contributed by atoms with Crippen molar-refractivity contribution in [1.29, 1.82) is 0 Å². The molecule has 0 aromatic heterocycles. The number of nitrogens with zero attached hydrogens (tertiary/aromatic N) is 1. The molecule has 1 rings (SSSR count). The number of carboxylic acids is 1. The third-order valence-electron chi connectivity index (χ3n) is 2.64. The van der Waals surface area contributed by atoms with Crippen molar-refractivity contribution in [3.05, 3.63) is 33.8 Å². The van der Waals surface area contributed by atoms with E-state index in [1.165, 1.54) is 0 Å². The molecule has 0 aliphatic rings. The van der Waals surface area contributed by atoms with Crippen molar-refractivity contribution in [2.75, 3.05) is 20.1 Å². The molecule has 100 valence electrons. The maximum Gasteiger partial charge on any atom is 0.317 e. The monoisotopic (exact) mass is 289 g/mol. The Kier molecular flexibility index (Phi) is 6.47. The van der Waals surface area contributed by atoms with Gasteiger partial charge in [0.15, 0.2) is 0 Å². The van der Waals surface area contributed by atoms with Gasteiger partial charge in [-0.3, -0.25) is 9.69 Å². The summed E-state index contributed by atoms with van der Waals surface area (Å²) in [6.07, 6.45) is 2.89. The van der Waals surface area contributed by atoms with Crippen LogP contribution in [0.2, 0.25) is 10.0 Å². The zero-order valence-electron chi connectivity index (χ0n) is 10.3. The van der Waals surface area contributed by atoms with Crippen molar-refractivity contribution < 1.29 is 9.90 Å². The van der Waals surface area contributed by atoms with Crippen molar-refractivity contribution in [3.8, 4) is 0 Å². The minimum atomic E-state index is -0.790. The number of rotatable bonds is 7. The molecule has 0 aliphatic carbocycles. The molecule has 1 N–H and O–H groups in total. The number of unbranched alkanes of at least 4 members (excludes halogenated alkanes) is 1. The number of benzene rings is 1. The smallest absolute Gasteiger partial charge is 0.317 e. The van der Waals surface area contributed by atoms with Gasteiger partial charge >= 0.3 is 5.97 Å². The lowest BCUT2D eigenvalue weighted by Gasteiger charge is -2.13. The highest BCUT2D eigenvalue weighted by Crippen LogP contribution is 2.23. The highest BCUT2D eigenvalue weighted by Gasteiger charge is 2.04. The number of aliphatic carboxylic acids is 1. The summed E-state index contributed by atoms with van der Waals surface area (Å²) in [5.74, 6) is -0.790. The van der Waals surface area contributed by atoms with E-state index in [1.807, 2.05) is 19.2 Å². The molecule has 0 radical (unpaired) electrons. The Bertz CT molecular complexity index is 410. The summed E-state index contributed by atoms with van der Waals surface area (Å²) in [7, 11) is 1.81. The number of hydrogen-bond donors (Lipinski definition) is 1. The van der Waals surface area contributed by atoms with Gasteiger partial charge in [0.05, 0.1) is 16.6 Å². The van der Waals surface area contributed by atoms with E-state index in [0.717, 1.165) is 31.4 Å². The molecule has 0 saturated carbocycles. The molecule has 1 aromatic carbocycles. The first-order valence-electron chi connectivity index (χ1n) is 5.83. The van der Waals surface area contributed by atoms with E-state index in [9.17, 15) is 4.79 Å². The first-order valence-corrected chi connectivity index (χ1v) is 6.59. The van der Waals surface area contributed by atoms with Crippen LogP contribution in [-0.4, -0.2) is 36.1 Å². The van der Waals surface area contributed by atoms with Crippen LogP contribution in [0.5, 0.6) is 0 Å². The van der Waals surface area contributed by atoms with Crippen LogP contribution in [0.25, 0.3) is 0 Å². The zero-order chi connectivity index (χ0) is 13.5. The van der Waals surface area contributed by atoms with Gasteiger partial charge < -0.3 is 5.11 Å². The molecule has 0 atom stereocenters. The topological polar surface area (TPSA) is 40.5 Å². The normalized spacial score (nSPS) is 10.9. The van der Waals surface area contributed by atoms with Gasteiger partial charge in [0.25, 0.3) is 0 Å². The lowest BCUT2D eigenvalue weighted by Crippen LogP contribution is -2.26. The van der Waals surface area contributed by atoms with Crippen LogP contribution < -0.4 is 0 Å². The van der Waals surface area contributed by atoms with Crippen molar-refractivity contribution in [2.24, 2.45) is 0 Å². The van der Waals surface area contributed by atoms with Crippen LogP contribution in [0.4, 0.5) is 0 Å². The fourth-order valence-electron chi connectivity index (χ4n) is 1.72. The molecule has 0 aliphatic heterocycles. The standard InChI is InChI=1S/C13H17Cl2NO2/c1-16(9-13(17)18)7-3-2-4-10-5-6-11(14)12(15)8-10/h5-6,8H,2-4,7,9H2,1H3,(H,17,18). The van der Waals surface area contributed by atoms with Gasteiger partial charge in [0, 0.05) is 0 Å². The third kappa shape index (κ3) is 5.71. The number of aryl methyl sites for hydroxylation is 1. The fraction of sp³-hybridized carbons (Fsp3) is 0.462. The van der Waals surface area contributed by atoms with Gasteiger partial charge in [0.2, 0.25) is 0 Å². The van der Waals surface area contributed by atoms with E-state index in [2.05, 4.69) is 0 Å². The summed E-state index contributed by atoms with van der Waals surface area (Å²) in [5, 5.41) is 9.76. The van der Waals surface area contributed by atoms with Crippen molar-refractivity contribution in [2.45, 2.75) is 19.3 Å². The summed E-state index contributed by atoms with van der Waals surface area (Å²) in [6, 6.07) is 5.65. The number of halogens is 2. The maximum absolute atomic E-state index is 10.5. The largest absolute Gasteiger partial charge is 0.480 e. The second-order valence-corrected chi connectivity index (χ2v) is 5.15. The lowest BCUT2D eigenvalue weighted by atomic mass is 10.1. The van der Waals surface area contributed by atoms with Gasteiger partial charge in [0.1, 0.15) is 0 Å². The molecule has 1 aromatic rings. The quantitative estimate of drug-likeness (QED) is 0.783. The molecule has 0 bridgehead atoms. The van der Waals surface area contributed by atoms with E-state index in [1.54, 1.807) is 11.0 Å². The molecule has 0 heterocycles. The van der Waals surface area contributed by atoms with E-state index < -0.39 is 5.97 Å². The molecule has 18 heavy (non-hydrogen) atoms. The third-order valence-corrected chi connectivity index (χ3v) is 3.38. The molecule has 3 nitrogen and oxygen atoms in total. The lowest BCUT2D eigenvalue weighted by molar-refractivity contribution is -0.137. The second-order valence-electron chi connectivity index (χ2n) is 4.34. The van der Waals surface area contributed by atoms with Crippen molar-refractivity contribution in [3.63, 3.8) is 0 Å². The Hall–Kier alpha value is -0.770. The highest BCUT2D eigenvalue weighted by molar-refractivity contribution is 6.42. The second kappa shape index (κ2) is 7.62. The summed E-state index contributed by atoms with van der Waals surface area (Å²) in [4.78, 5) is 12.3. The number of hydrogen-bond acceptors (Lipinski definition) is 2. The van der Waals surface area contributed by atoms with Crippen LogP contribution in [0.1, 0.15) is 18.4 Å². The van der Waals surface area contributed by atoms with Crippen LogP contribution in [0.3, 0.4) is 0 Å². The van der Waals surface area contributed by atoms with Crippen LogP contribution in [0, 0.1) is 0 Å². The summed E-state index contributed by atoms with van der Waals surface area (Å²) < 4.78 is 0. The number of likely N-dealkylation sites (N-methyl/N-ethyl adjacent to an activating group) is 1. The number of carbonyl (C=O) groups is 1. The minimum Gasteiger partial charge on any atom is -0.480 e. The van der Waals surface area contributed by atoms with Crippen LogP contribution >= 0.6 is 23.2 Å². The van der Waals surface area contributed by atoms with Crippen molar-refractivity contribution >= 4 is 29.2 Å². The Labute approximate surface area is 117 Å². The number of carboxylic acid groups (broad SMARTS) is 1. The van der Waals surface area contributed by atoms with Crippen LogP contribution in [-0.2, 0) is 11.2 Å². The Balaban J connectivity index is 2.25. The first-order chi connectivity index (χ1) is 8.49. The molecule has 0 unspecified atom stereocenters. The predicted molar refractivity (Wildman–Crippen MR) is 74.5 cm³/mol. The zero-order valence-corrected chi connectivity index (χ0v) is 11.8. The van der Waals surface area contributed by atoms with E-state index in [4.69, 9.17) is 28.3 Å². The molecular weight excluding hydrogens is 273 g/mol. The van der Waals surface area contributed by atoms with E-state index in [0.29, 0.717) is 10.0 Å². The molecule has 0 saturated heterocycles. The molecule has 0 amide bonds. The Morgan fingerprint density at radius 3 is 2.61 bits per heavy atom. The van der Waals surface area contributed by atoms with Gasteiger partial charge in [-0.25, -0.2) is 0 Å². The SMILES string of the molecule is CN(CCCCc1ccc(Cl)c(Cl)c1)CC(=O)O. The van der Waals surface area contributed by atoms with Crippen LogP contribution in [0.15, 0.2) is 18.2 Å². The maximum atomic E-state index is 10.5. The molecule has 0 fully saturated rings. The molecule has 5 heteroatoms. The van der Waals surface area contributed by atoms with Gasteiger partial charge in [-0.05, 0) is 50.6 Å². The van der Waals surface area contributed by atoms with Gasteiger partial charge in [-0.2, -0.15) is 0 Å². The first kappa shape index (κ1) is 15.3. The summed E-state index contributed by atoms with van der Waals surface area (Å²) >= 11 is 11.8. The van der Waals surface area contributed by atoms with Crippen molar-refractivity contribution in [1.82, 2.24) is 4.90 Å². The molecular formula is C13H17Cl2NO2. The summed E-state index contributed by atoms with van der Waals surface area (Å²) in [6.45, 7) is 0.875. The van der Waals surface area contributed by atoms with Gasteiger partial charge in [-0.1, -0.05) is 29.3 Å². The summed E-state index contributed by atoms with van der Waals surface area (Å²) in [5.41, 5.74) is 1.16. The fourth-order valence-corrected chi connectivity index (χ4v) is 2.04. The average molecular weight is 290 g/mol. The minimum absolute atomic E-state index is 0.0901. The highest BCUT2D eigenvalue weighted by atomic mass is 35.5. The average Bonchev–Trinajstić information content (AvgIpc) is 2.28. The predicted octanol–water partition coefficient (Wildman–Crippen LogP) is 3.33. The van der Waals surface area contributed by atoms with E-state index in [-0.39, 0.29) is 6.54 Å². The Morgan fingerprint density at radius 2 is 2.00 bits per heavy atom.